The average molecular weight is 416 g/mol. The zero-order chi connectivity index (χ0) is 22.6. The number of β-amino-alcohol motifs (C(OH)–C–C–N with tert-alkyl or cyclic N) is 1. The molecule has 8 nitrogen and oxygen atoms in total. The van der Waals surface area contributed by atoms with Gasteiger partial charge in [-0.25, -0.2) is 9.59 Å². The van der Waals surface area contributed by atoms with Crippen LogP contribution in [0.5, 0.6) is 0 Å². The van der Waals surface area contributed by atoms with Crippen molar-refractivity contribution in [1.82, 2.24) is 5.32 Å². The smallest absolute Gasteiger partial charge is 0.328 e. The van der Waals surface area contributed by atoms with Crippen LogP contribution in [0.25, 0.3) is 10.8 Å². The Morgan fingerprint density at radius 3 is 2.27 bits per heavy atom. The molecule has 2 rings (SSSR count). The summed E-state index contributed by atoms with van der Waals surface area (Å²) in [5.41, 5.74) is 0.980. The number of aliphatic hydroxyl groups is 1. The molecule has 0 spiro atoms. The lowest BCUT2D eigenvalue weighted by Gasteiger charge is -2.22. The van der Waals surface area contributed by atoms with E-state index in [0.717, 1.165) is 10.9 Å². The average Bonchev–Trinajstić information content (AvgIpc) is 2.68. The van der Waals surface area contributed by atoms with Crippen molar-refractivity contribution in [1.29, 1.82) is 0 Å². The zero-order valence-electron chi connectivity index (χ0n) is 17.3. The lowest BCUT2D eigenvalue weighted by molar-refractivity contribution is -0.134. The molecular weight excluding hydrogens is 388 g/mol. The number of carboxylic acids is 2. The lowest BCUT2D eigenvalue weighted by atomic mass is 10.1. The normalized spacial score (nSPS) is 12.5. The van der Waals surface area contributed by atoms with Crippen LogP contribution >= 0.6 is 0 Å². The molecule has 0 radical (unpaired) electrons. The standard InChI is InChI=1S/C18H24N2O2.C4H4O4/c1-18(2,3)19-12-16(21)13-22-20-11-15-9-6-8-14-7-4-5-10-17(14)15;5-3(6)1-2-4(7)8/h4-11,16,19,21H,12-13H2,1-3H3;1-2H,(H,5,6)(H,7,8)/b20-11-;2-1-. The molecule has 0 saturated heterocycles. The van der Waals surface area contributed by atoms with Crippen molar-refractivity contribution in [3.05, 3.63) is 60.2 Å². The summed E-state index contributed by atoms with van der Waals surface area (Å²) in [4.78, 5) is 24.3. The van der Waals surface area contributed by atoms with Gasteiger partial charge in [0.2, 0.25) is 0 Å². The zero-order valence-corrected chi connectivity index (χ0v) is 17.3. The molecule has 162 valence electrons. The Labute approximate surface area is 175 Å². The Morgan fingerprint density at radius 1 is 1.07 bits per heavy atom. The Kier molecular flexibility index (Phi) is 10.2. The number of nitrogens with one attached hydrogen (secondary N) is 1. The van der Waals surface area contributed by atoms with Crippen molar-refractivity contribution in [2.45, 2.75) is 32.4 Å². The summed E-state index contributed by atoms with van der Waals surface area (Å²) in [6, 6.07) is 14.2. The van der Waals surface area contributed by atoms with E-state index in [1.165, 1.54) is 5.39 Å². The Hall–Kier alpha value is -3.23. The van der Waals surface area contributed by atoms with Gasteiger partial charge in [-0.15, -0.1) is 0 Å². The minimum absolute atomic E-state index is 0.0206. The van der Waals surface area contributed by atoms with E-state index in [0.29, 0.717) is 18.7 Å². The number of carboxylic acid groups (broad SMARTS) is 2. The number of carbonyl (C=O) groups is 2. The molecule has 1 unspecified atom stereocenters. The highest BCUT2D eigenvalue weighted by molar-refractivity contribution is 5.99. The summed E-state index contributed by atoms with van der Waals surface area (Å²) >= 11 is 0. The number of hydrogen-bond donors (Lipinski definition) is 4. The van der Waals surface area contributed by atoms with Crippen molar-refractivity contribution >= 4 is 28.9 Å². The van der Waals surface area contributed by atoms with Crippen LogP contribution in [0, 0.1) is 0 Å². The molecule has 4 N–H and O–H groups in total. The van der Waals surface area contributed by atoms with Crippen molar-refractivity contribution in [2.75, 3.05) is 13.2 Å². The molecule has 0 saturated carbocycles. The van der Waals surface area contributed by atoms with Gasteiger partial charge in [0.15, 0.2) is 0 Å². The van der Waals surface area contributed by atoms with Gasteiger partial charge >= 0.3 is 11.9 Å². The maximum atomic E-state index is 9.82. The van der Waals surface area contributed by atoms with Gasteiger partial charge in [-0.2, -0.15) is 0 Å². The van der Waals surface area contributed by atoms with Gasteiger partial charge in [-0.1, -0.05) is 47.6 Å². The van der Waals surface area contributed by atoms with E-state index >= 15 is 0 Å². The first-order valence-corrected chi connectivity index (χ1v) is 9.28. The summed E-state index contributed by atoms with van der Waals surface area (Å²) in [5, 5.41) is 34.9. The molecule has 0 bridgehead atoms. The molecule has 0 aliphatic carbocycles. The van der Waals surface area contributed by atoms with Gasteiger partial charge < -0.3 is 25.5 Å². The highest BCUT2D eigenvalue weighted by atomic mass is 16.6. The fourth-order valence-electron chi connectivity index (χ4n) is 2.21. The summed E-state index contributed by atoms with van der Waals surface area (Å²) in [7, 11) is 0. The summed E-state index contributed by atoms with van der Waals surface area (Å²) in [6.07, 6.45) is 2.22. The Balaban J connectivity index is 0.000000479. The molecule has 0 amide bonds. The first-order valence-electron chi connectivity index (χ1n) is 9.28. The maximum Gasteiger partial charge on any atom is 0.328 e. The van der Waals surface area contributed by atoms with Crippen molar-refractivity contribution < 1.29 is 29.7 Å². The number of aliphatic carboxylic acids is 2. The highest BCUT2D eigenvalue weighted by Gasteiger charge is 2.12. The molecule has 2 aromatic rings. The second kappa shape index (κ2) is 12.4. The topological polar surface area (TPSA) is 128 Å². The van der Waals surface area contributed by atoms with Crippen LogP contribution < -0.4 is 5.32 Å². The number of aliphatic hydroxyl groups excluding tert-OH is 1. The van der Waals surface area contributed by atoms with Gasteiger partial charge in [-0.05, 0) is 31.5 Å². The summed E-state index contributed by atoms with van der Waals surface area (Å²) in [5.74, 6) is -2.51. The van der Waals surface area contributed by atoms with E-state index in [9.17, 15) is 14.7 Å². The Morgan fingerprint density at radius 2 is 1.67 bits per heavy atom. The van der Waals surface area contributed by atoms with Crippen LogP contribution in [-0.4, -0.2) is 58.3 Å². The third kappa shape index (κ3) is 10.9. The predicted octanol–water partition coefficient (Wildman–Crippen LogP) is 2.65. The first-order chi connectivity index (χ1) is 14.1. The van der Waals surface area contributed by atoms with E-state index in [4.69, 9.17) is 15.1 Å². The third-order valence-electron chi connectivity index (χ3n) is 3.59. The second-order valence-electron chi connectivity index (χ2n) is 7.39. The van der Waals surface area contributed by atoms with Gasteiger partial charge in [0, 0.05) is 29.8 Å². The highest BCUT2D eigenvalue weighted by Crippen LogP contribution is 2.16. The van der Waals surface area contributed by atoms with Crippen LogP contribution in [0.4, 0.5) is 0 Å². The van der Waals surface area contributed by atoms with E-state index < -0.39 is 18.0 Å². The molecule has 30 heavy (non-hydrogen) atoms. The molecular formula is C22H28N2O6. The van der Waals surface area contributed by atoms with E-state index in [-0.39, 0.29) is 12.1 Å². The second-order valence-corrected chi connectivity index (χ2v) is 7.39. The van der Waals surface area contributed by atoms with Gasteiger partial charge in [0.05, 0.1) is 6.21 Å². The van der Waals surface area contributed by atoms with Gasteiger partial charge in [0.1, 0.15) is 12.7 Å². The number of oxime groups is 1. The molecule has 2 aromatic carbocycles. The van der Waals surface area contributed by atoms with E-state index in [1.807, 2.05) is 24.3 Å². The molecule has 0 aromatic heterocycles. The molecule has 8 heteroatoms. The maximum absolute atomic E-state index is 9.82. The monoisotopic (exact) mass is 416 g/mol. The van der Waals surface area contributed by atoms with E-state index in [1.54, 1.807) is 6.21 Å². The minimum Gasteiger partial charge on any atom is -0.478 e. The van der Waals surface area contributed by atoms with Gasteiger partial charge in [0.25, 0.3) is 0 Å². The molecule has 0 aliphatic heterocycles. The van der Waals surface area contributed by atoms with Crippen LogP contribution in [0.15, 0.2) is 59.8 Å². The number of hydrogen-bond acceptors (Lipinski definition) is 6. The van der Waals surface area contributed by atoms with Crippen molar-refractivity contribution in [2.24, 2.45) is 5.16 Å². The first kappa shape index (κ1) is 24.8. The summed E-state index contributed by atoms with van der Waals surface area (Å²) < 4.78 is 0. The third-order valence-corrected chi connectivity index (χ3v) is 3.59. The number of benzene rings is 2. The van der Waals surface area contributed by atoms with Crippen LogP contribution in [0.2, 0.25) is 0 Å². The lowest BCUT2D eigenvalue weighted by Crippen LogP contribution is -2.42. The number of rotatable bonds is 8. The minimum atomic E-state index is -1.26. The van der Waals surface area contributed by atoms with E-state index in [2.05, 4.69) is 49.4 Å². The quantitative estimate of drug-likeness (QED) is 0.296. The number of fused-ring (bicyclic) bond motifs is 1. The number of nitrogens with zero attached hydrogens (tertiary/aromatic N) is 1. The van der Waals surface area contributed by atoms with Crippen LogP contribution in [-0.2, 0) is 14.4 Å². The van der Waals surface area contributed by atoms with Gasteiger partial charge in [-0.3, -0.25) is 0 Å². The summed E-state index contributed by atoms with van der Waals surface area (Å²) in [6.45, 7) is 6.81. The molecule has 0 heterocycles. The largest absolute Gasteiger partial charge is 0.478 e. The molecule has 0 aliphatic rings. The van der Waals surface area contributed by atoms with Crippen LogP contribution in [0.1, 0.15) is 26.3 Å². The van der Waals surface area contributed by atoms with Crippen molar-refractivity contribution in [3.63, 3.8) is 0 Å². The predicted molar refractivity (Wildman–Crippen MR) is 116 cm³/mol. The van der Waals surface area contributed by atoms with Crippen molar-refractivity contribution in [3.8, 4) is 0 Å². The molecule has 1 atom stereocenters. The van der Waals surface area contributed by atoms with Crippen LogP contribution in [0.3, 0.4) is 0 Å². The fraction of sp³-hybridized carbons (Fsp3) is 0.318. The molecule has 0 fully saturated rings. The SMILES string of the molecule is CC(C)(C)NCC(O)CO/N=C\c1cccc2ccccc12.O=C(O)/C=C\C(=O)O. The Bertz CT molecular complexity index is 865. The fourth-order valence-corrected chi connectivity index (χ4v) is 2.21.